The molecule has 0 amide bonds. The second kappa shape index (κ2) is 12.8. The normalized spacial score (nSPS) is 35.3. The number of aryl methyl sites for hydroxylation is 1. The van der Waals surface area contributed by atoms with E-state index in [-0.39, 0.29) is 34.4 Å². The van der Waals surface area contributed by atoms with E-state index in [1.807, 2.05) is 6.92 Å². The summed E-state index contributed by atoms with van der Waals surface area (Å²) in [6, 6.07) is 6.81. The largest absolute Gasteiger partial charge is 0.348 e. The minimum Gasteiger partial charge on any atom is -0.348 e. The predicted octanol–water partition coefficient (Wildman–Crippen LogP) is 7.33. The molecule has 2 heterocycles. The molecule has 7 nitrogen and oxygen atoms in total. The number of ether oxygens (including phenoxy) is 4. The Labute approximate surface area is 266 Å². The molecule has 42 heavy (non-hydrogen) atoms. The summed E-state index contributed by atoms with van der Waals surface area (Å²) in [5.74, 6) is 0.698. The lowest BCUT2D eigenvalue weighted by Crippen LogP contribution is -2.41. The lowest BCUT2D eigenvalue weighted by Gasteiger charge is -2.43. The average Bonchev–Trinajstić information content (AvgIpc) is 3.78. The van der Waals surface area contributed by atoms with Crippen LogP contribution < -0.4 is 0 Å². The van der Waals surface area contributed by atoms with E-state index in [4.69, 9.17) is 23.1 Å². The maximum atomic E-state index is 12.4. The van der Waals surface area contributed by atoms with Crippen LogP contribution in [-0.2, 0) is 33.2 Å². The van der Waals surface area contributed by atoms with Crippen molar-refractivity contribution in [1.29, 1.82) is 0 Å². The fourth-order valence-electron chi connectivity index (χ4n) is 9.11. The van der Waals surface area contributed by atoms with Gasteiger partial charge in [-0.05, 0) is 106 Å². The Kier molecular flexibility index (Phi) is 9.68. The molecule has 0 N–H and O–H groups in total. The molecule has 4 atom stereocenters. The van der Waals surface area contributed by atoms with Crippen molar-refractivity contribution in [3.63, 3.8) is 0 Å². The number of rotatable bonds is 5. The molecule has 0 radical (unpaired) electrons. The van der Waals surface area contributed by atoms with E-state index in [2.05, 4.69) is 22.6 Å². The fourth-order valence-corrected chi connectivity index (χ4v) is 10.8. The first-order valence-corrected chi connectivity index (χ1v) is 19.2. The van der Waals surface area contributed by atoms with E-state index in [1.54, 1.807) is 24.3 Å². The molecule has 2 aliphatic heterocycles. The summed E-state index contributed by atoms with van der Waals surface area (Å²) in [4.78, 5) is 0.236. The van der Waals surface area contributed by atoms with Gasteiger partial charge >= 0.3 is 0 Å². The molecule has 4 saturated carbocycles. The Morgan fingerprint density at radius 2 is 1.26 bits per heavy atom. The van der Waals surface area contributed by atoms with Crippen LogP contribution in [0.1, 0.15) is 95.5 Å². The smallest absolute Gasteiger partial charge is 0.296 e. The minimum atomic E-state index is -3.68. The van der Waals surface area contributed by atoms with Gasteiger partial charge in [0.05, 0.1) is 37.9 Å². The maximum Gasteiger partial charge on any atom is 0.296 e. The highest BCUT2D eigenvalue weighted by Crippen LogP contribution is 2.57. The van der Waals surface area contributed by atoms with E-state index in [0.29, 0.717) is 18.6 Å². The molecule has 6 fully saturated rings. The van der Waals surface area contributed by atoms with Gasteiger partial charge in [0.1, 0.15) is 0 Å². The molecule has 0 aromatic heterocycles. The lowest BCUT2D eigenvalue weighted by molar-refractivity contribution is -0.202. The number of halogens is 1. The number of alkyl halides is 1. The van der Waals surface area contributed by atoms with Crippen LogP contribution in [0.15, 0.2) is 29.2 Å². The highest BCUT2D eigenvalue weighted by atomic mass is 127. The molecule has 4 spiro atoms. The maximum absolute atomic E-state index is 12.4. The SMILES string of the molecule is Cc1ccc(S(=O)(=O)OC[C@H]2CC[C@@]3(CCCC4(C3)OCCO4)C2)cc1.IC[C@H]1CC[C@@]2(CCCC3(C2)OCCO3)C1. The van der Waals surface area contributed by atoms with Gasteiger partial charge in [-0.2, -0.15) is 8.42 Å². The van der Waals surface area contributed by atoms with Crippen LogP contribution in [0.4, 0.5) is 0 Å². The van der Waals surface area contributed by atoms with Gasteiger partial charge in [0.2, 0.25) is 0 Å². The van der Waals surface area contributed by atoms with Crippen LogP contribution in [-0.4, -0.2) is 57.5 Å². The third kappa shape index (κ3) is 7.07. The molecular weight excluding hydrogens is 667 g/mol. The van der Waals surface area contributed by atoms with Gasteiger partial charge in [-0.1, -0.05) is 40.3 Å². The molecule has 4 aliphatic carbocycles. The van der Waals surface area contributed by atoms with Gasteiger partial charge in [0.25, 0.3) is 10.1 Å². The minimum absolute atomic E-state index is 0.168. The first-order chi connectivity index (χ1) is 20.2. The molecule has 1 aromatic rings. The van der Waals surface area contributed by atoms with Crippen LogP contribution in [0.25, 0.3) is 0 Å². The van der Waals surface area contributed by atoms with E-state index in [1.165, 1.54) is 49.4 Å². The highest BCUT2D eigenvalue weighted by molar-refractivity contribution is 14.1. The van der Waals surface area contributed by atoms with Gasteiger partial charge in [-0.25, -0.2) is 0 Å². The molecule has 2 saturated heterocycles. The van der Waals surface area contributed by atoms with Gasteiger partial charge in [-0.3, -0.25) is 4.18 Å². The van der Waals surface area contributed by atoms with E-state index >= 15 is 0 Å². The van der Waals surface area contributed by atoms with Crippen molar-refractivity contribution in [3.8, 4) is 0 Å². The van der Waals surface area contributed by atoms with Crippen LogP contribution in [0.5, 0.6) is 0 Å². The Bertz CT molecular complexity index is 1160. The summed E-state index contributed by atoms with van der Waals surface area (Å²) >= 11 is 2.55. The van der Waals surface area contributed by atoms with Gasteiger partial charge in [0, 0.05) is 30.1 Å². The van der Waals surface area contributed by atoms with Crippen molar-refractivity contribution in [2.24, 2.45) is 22.7 Å². The summed E-state index contributed by atoms with van der Waals surface area (Å²) < 4.78 is 55.2. The molecule has 236 valence electrons. The second-order valence-corrected chi connectivity index (χ2v) is 16.7. The predicted molar refractivity (Wildman–Crippen MR) is 169 cm³/mol. The van der Waals surface area contributed by atoms with Crippen molar-refractivity contribution in [1.82, 2.24) is 0 Å². The zero-order valence-electron chi connectivity index (χ0n) is 25.3. The molecule has 0 bridgehead atoms. The van der Waals surface area contributed by atoms with E-state index in [0.717, 1.165) is 69.6 Å². The van der Waals surface area contributed by atoms with Gasteiger partial charge in [-0.15, -0.1) is 0 Å². The average molecular weight is 717 g/mol. The van der Waals surface area contributed by atoms with Crippen molar-refractivity contribution < 1.29 is 31.5 Å². The topological polar surface area (TPSA) is 80.3 Å². The standard InChI is InChI=1S/C20H28O5S.C13H21IO2/c1-16-3-5-18(6-4-16)26(21,22)25-14-17-7-10-19(13-17)8-2-9-20(15-19)23-11-12-24-20;14-9-11-2-5-12(8-11)3-1-4-13(10-12)15-6-7-16-13/h3-6,17H,2,7-15H2,1H3;11H,1-10H2/t17-,19-;11-,12-/m00/s1. The Hall–Kier alpha value is -0.300. The summed E-state index contributed by atoms with van der Waals surface area (Å²) in [5.41, 5.74) is 1.83. The molecule has 7 rings (SSSR count). The summed E-state index contributed by atoms with van der Waals surface area (Å²) in [7, 11) is -3.68. The first kappa shape index (κ1) is 31.7. The van der Waals surface area contributed by atoms with E-state index in [9.17, 15) is 8.42 Å². The highest BCUT2D eigenvalue weighted by Gasteiger charge is 2.52. The third-order valence-electron chi connectivity index (χ3n) is 11.0. The monoisotopic (exact) mass is 716 g/mol. The molecule has 9 heteroatoms. The molecule has 0 unspecified atom stereocenters. The van der Waals surface area contributed by atoms with Crippen LogP contribution in [0, 0.1) is 29.6 Å². The van der Waals surface area contributed by atoms with Crippen molar-refractivity contribution in [2.45, 2.75) is 113 Å². The number of hydrogen-bond donors (Lipinski definition) is 0. The second-order valence-electron chi connectivity index (χ2n) is 14.2. The summed E-state index contributed by atoms with van der Waals surface area (Å²) in [5, 5.41) is 0. The first-order valence-electron chi connectivity index (χ1n) is 16.2. The Morgan fingerprint density at radius 3 is 1.76 bits per heavy atom. The quantitative estimate of drug-likeness (QED) is 0.180. The molecule has 1 aromatic carbocycles. The van der Waals surface area contributed by atoms with Crippen LogP contribution in [0.2, 0.25) is 0 Å². The fraction of sp³-hybridized carbons (Fsp3) is 0.818. The molecular formula is C33H49IO7S. The summed E-state index contributed by atoms with van der Waals surface area (Å²) in [6.45, 7) is 5.21. The lowest BCUT2D eigenvalue weighted by atomic mass is 9.70. The Morgan fingerprint density at radius 1 is 0.762 bits per heavy atom. The van der Waals surface area contributed by atoms with Crippen LogP contribution >= 0.6 is 22.6 Å². The zero-order chi connectivity index (χ0) is 29.3. The van der Waals surface area contributed by atoms with Gasteiger partial charge < -0.3 is 18.9 Å². The van der Waals surface area contributed by atoms with Gasteiger partial charge in [0.15, 0.2) is 11.6 Å². The zero-order valence-corrected chi connectivity index (χ0v) is 28.2. The number of benzene rings is 1. The van der Waals surface area contributed by atoms with Crippen LogP contribution in [0.3, 0.4) is 0 Å². The Balaban J connectivity index is 0.000000168. The molecule has 6 aliphatic rings. The van der Waals surface area contributed by atoms with Crippen molar-refractivity contribution >= 4 is 32.7 Å². The third-order valence-corrected chi connectivity index (χ3v) is 13.6. The van der Waals surface area contributed by atoms with Crippen molar-refractivity contribution in [2.75, 3.05) is 37.5 Å². The van der Waals surface area contributed by atoms with E-state index < -0.39 is 10.1 Å². The number of hydrogen-bond acceptors (Lipinski definition) is 7. The van der Waals surface area contributed by atoms with Crippen molar-refractivity contribution in [3.05, 3.63) is 29.8 Å². The summed E-state index contributed by atoms with van der Waals surface area (Å²) in [6.07, 6.45) is 16.6.